The van der Waals surface area contributed by atoms with Gasteiger partial charge in [-0.1, -0.05) is 11.6 Å². The number of halogens is 1. The number of hydrogen-bond acceptors (Lipinski definition) is 4. The largest absolute Gasteiger partial charge is 0.477 e. The lowest BCUT2D eigenvalue weighted by atomic mass is 10.1. The molecule has 0 saturated carbocycles. The van der Waals surface area contributed by atoms with E-state index in [-0.39, 0.29) is 11.7 Å². The van der Waals surface area contributed by atoms with Crippen LogP contribution in [0.15, 0.2) is 24.3 Å². The van der Waals surface area contributed by atoms with Gasteiger partial charge in [0.15, 0.2) is 0 Å². The predicted molar refractivity (Wildman–Crippen MR) is 83.2 cm³/mol. The molecule has 2 heterocycles. The van der Waals surface area contributed by atoms with Crippen molar-refractivity contribution < 1.29 is 9.90 Å². The second kappa shape index (κ2) is 5.13. The summed E-state index contributed by atoms with van der Waals surface area (Å²) in [4.78, 5) is 11.4. The van der Waals surface area contributed by atoms with Crippen molar-refractivity contribution in [2.24, 2.45) is 0 Å². The van der Waals surface area contributed by atoms with Crippen molar-refractivity contribution in [3.8, 4) is 11.3 Å². The zero-order valence-corrected chi connectivity index (χ0v) is 12.9. The summed E-state index contributed by atoms with van der Waals surface area (Å²) in [5.41, 5.74) is 3.16. The maximum absolute atomic E-state index is 11.4. The predicted octanol–water partition coefficient (Wildman–Crippen LogP) is 4.09. The van der Waals surface area contributed by atoms with Crippen LogP contribution in [0.4, 0.5) is 0 Å². The molecule has 0 bridgehead atoms. The highest BCUT2D eigenvalue weighted by atomic mass is 35.5. The van der Waals surface area contributed by atoms with Gasteiger partial charge in [-0.25, -0.2) is 4.79 Å². The summed E-state index contributed by atoms with van der Waals surface area (Å²) in [6.45, 7) is 3.87. The molecule has 0 unspecified atom stereocenters. The minimum absolute atomic E-state index is 0.0148. The molecule has 0 aliphatic heterocycles. The molecule has 2 aromatic heterocycles. The summed E-state index contributed by atoms with van der Waals surface area (Å²) in [5, 5.41) is 9.87. The molecule has 0 aliphatic rings. The monoisotopic (exact) mass is 321 g/mol. The number of nitrogens with zero attached hydrogens (tertiary/aromatic N) is 3. The molecular weight excluding hydrogens is 310 g/mol. The highest BCUT2D eigenvalue weighted by molar-refractivity contribution is 7.00. The van der Waals surface area contributed by atoms with Crippen LogP contribution < -0.4 is 0 Å². The first kappa shape index (κ1) is 14.0. The van der Waals surface area contributed by atoms with Gasteiger partial charge in [-0.05, 0) is 38.1 Å². The molecule has 0 amide bonds. The van der Waals surface area contributed by atoms with Gasteiger partial charge in [-0.3, -0.25) is 0 Å². The SMILES string of the molecule is CC(C)n1c(C(=O)O)ccc1-c1c(Cl)ccc2nsnc12. The zero-order valence-electron chi connectivity index (χ0n) is 11.4. The van der Waals surface area contributed by atoms with Crippen molar-refractivity contribution in [2.75, 3.05) is 0 Å². The molecule has 108 valence electrons. The van der Waals surface area contributed by atoms with Crippen molar-refractivity contribution in [2.45, 2.75) is 19.9 Å². The van der Waals surface area contributed by atoms with Gasteiger partial charge in [0.2, 0.25) is 0 Å². The van der Waals surface area contributed by atoms with E-state index in [0.29, 0.717) is 10.5 Å². The van der Waals surface area contributed by atoms with Gasteiger partial charge >= 0.3 is 5.97 Å². The van der Waals surface area contributed by atoms with Crippen molar-refractivity contribution in [3.05, 3.63) is 35.0 Å². The fourth-order valence-electron chi connectivity index (χ4n) is 2.45. The van der Waals surface area contributed by atoms with E-state index in [1.165, 1.54) is 0 Å². The number of carboxylic acid groups (broad SMARTS) is 1. The number of aromatic carboxylic acids is 1. The summed E-state index contributed by atoms with van der Waals surface area (Å²) in [6, 6.07) is 6.92. The van der Waals surface area contributed by atoms with E-state index >= 15 is 0 Å². The Morgan fingerprint density at radius 2 is 2.05 bits per heavy atom. The Kier molecular flexibility index (Phi) is 3.43. The Balaban J connectivity index is 2.36. The second-order valence-electron chi connectivity index (χ2n) is 4.93. The van der Waals surface area contributed by atoms with Crippen LogP contribution in [0.5, 0.6) is 0 Å². The Hall–Kier alpha value is -1.92. The smallest absolute Gasteiger partial charge is 0.352 e. The van der Waals surface area contributed by atoms with Crippen LogP contribution >= 0.6 is 23.3 Å². The number of carbonyl (C=O) groups is 1. The molecule has 1 aromatic carbocycles. The Morgan fingerprint density at radius 3 is 2.71 bits per heavy atom. The highest BCUT2D eigenvalue weighted by Gasteiger charge is 2.21. The molecule has 0 saturated heterocycles. The quantitative estimate of drug-likeness (QED) is 0.788. The van der Waals surface area contributed by atoms with E-state index in [2.05, 4.69) is 8.75 Å². The Bertz CT molecular complexity index is 838. The van der Waals surface area contributed by atoms with Crippen molar-refractivity contribution in [1.82, 2.24) is 13.3 Å². The maximum atomic E-state index is 11.4. The lowest BCUT2D eigenvalue weighted by molar-refractivity contribution is 0.0683. The van der Waals surface area contributed by atoms with E-state index in [1.807, 2.05) is 19.9 Å². The number of aromatic nitrogens is 3. The van der Waals surface area contributed by atoms with Crippen molar-refractivity contribution in [3.63, 3.8) is 0 Å². The summed E-state index contributed by atoms with van der Waals surface area (Å²) in [6.07, 6.45) is 0. The third kappa shape index (κ3) is 2.20. The number of rotatable bonds is 3. The van der Waals surface area contributed by atoms with E-state index in [0.717, 1.165) is 28.5 Å². The highest BCUT2D eigenvalue weighted by Crippen LogP contribution is 2.36. The average Bonchev–Trinajstić information content (AvgIpc) is 3.03. The van der Waals surface area contributed by atoms with Gasteiger partial charge in [0, 0.05) is 11.6 Å². The second-order valence-corrected chi connectivity index (χ2v) is 5.86. The third-order valence-electron chi connectivity index (χ3n) is 3.29. The minimum Gasteiger partial charge on any atom is -0.477 e. The van der Waals surface area contributed by atoms with Crippen LogP contribution in [-0.2, 0) is 0 Å². The van der Waals surface area contributed by atoms with Gasteiger partial charge in [-0.2, -0.15) is 8.75 Å². The van der Waals surface area contributed by atoms with Gasteiger partial charge in [-0.15, -0.1) is 0 Å². The third-order valence-corrected chi connectivity index (χ3v) is 4.14. The standard InChI is InChI=1S/C14H12ClN3O2S/c1-7(2)18-10(5-6-11(18)14(19)20)12-8(15)3-4-9-13(12)17-21-16-9/h3-7H,1-2H3,(H,19,20). The van der Waals surface area contributed by atoms with E-state index in [9.17, 15) is 9.90 Å². The number of hydrogen-bond donors (Lipinski definition) is 1. The van der Waals surface area contributed by atoms with Gasteiger partial charge in [0.25, 0.3) is 0 Å². The molecule has 3 rings (SSSR count). The number of benzene rings is 1. The van der Waals surface area contributed by atoms with Crippen molar-refractivity contribution >= 4 is 40.3 Å². The van der Waals surface area contributed by atoms with Crippen LogP contribution in [0.1, 0.15) is 30.4 Å². The molecule has 0 aliphatic carbocycles. The molecule has 21 heavy (non-hydrogen) atoms. The van der Waals surface area contributed by atoms with E-state index in [1.54, 1.807) is 22.8 Å². The fraction of sp³-hybridized carbons (Fsp3) is 0.214. The van der Waals surface area contributed by atoms with Crippen LogP contribution in [0.3, 0.4) is 0 Å². The minimum atomic E-state index is -0.963. The maximum Gasteiger partial charge on any atom is 0.352 e. The molecule has 5 nitrogen and oxygen atoms in total. The van der Waals surface area contributed by atoms with Crippen LogP contribution in [-0.4, -0.2) is 24.4 Å². The van der Waals surface area contributed by atoms with Crippen LogP contribution in [0.2, 0.25) is 5.02 Å². The lowest BCUT2D eigenvalue weighted by Crippen LogP contribution is -2.11. The van der Waals surface area contributed by atoms with E-state index < -0.39 is 5.97 Å². The topological polar surface area (TPSA) is 68.0 Å². The normalized spacial score (nSPS) is 11.4. The molecule has 7 heteroatoms. The summed E-state index contributed by atoms with van der Waals surface area (Å²) in [7, 11) is 0. The van der Waals surface area contributed by atoms with Gasteiger partial charge in [0.05, 0.1) is 22.4 Å². The first-order valence-corrected chi connectivity index (χ1v) is 7.47. The molecule has 0 radical (unpaired) electrons. The number of fused-ring (bicyclic) bond motifs is 1. The summed E-state index contributed by atoms with van der Waals surface area (Å²) in [5.74, 6) is -0.963. The average molecular weight is 322 g/mol. The Morgan fingerprint density at radius 1 is 1.29 bits per heavy atom. The lowest BCUT2D eigenvalue weighted by Gasteiger charge is -2.16. The zero-order chi connectivity index (χ0) is 15.1. The van der Waals surface area contributed by atoms with Crippen LogP contribution in [0, 0.1) is 0 Å². The first-order valence-electron chi connectivity index (χ1n) is 6.36. The van der Waals surface area contributed by atoms with E-state index in [4.69, 9.17) is 11.6 Å². The molecule has 3 aromatic rings. The fourth-order valence-corrected chi connectivity index (χ4v) is 3.25. The van der Waals surface area contributed by atoms with Crippen LogP contribution in [0.25, 0.3) is 22.3 Å². The first-order chi connectivity index (χ1) is 10.0. The number of carboxylic acids is 1. The molecule has 0 spiro atoms. The van der Waals surface area contributed by atoms with Gasteiger partial charge in [0.1, 0.15) is 16.7 Å². The molecule has 0 fully saturated rings. The summed E-state index contributed by atoms with van der Waals surface area (Å²) < 4.78 is 10.3. The van der Waals surface area contributed by atoms with Gasteiger partial charge < -0.3 is 9.67 Å². The molecule has 1 N–H and O–H groups in total. The molecular formula is C14H12ClN3O2S. The summed E-state index contributed by atoms with van der Waals surface area (Å²) >= 11 is 7.45. The molecule has 0 atom stereocenters. The Labute approximate surface area is 130 Å². The van der Waals surface area contributed by atoms with Crippen molar-refractivity contribution in [1.29, 1.82) is 0 Å².